The van der Waals surface area contributed by atoms with Crippen LogP contribution >= 0.6 is 0 Å². The van der Waals surface area contributed by atoms with Gasteiger partial charge < -0.3 is 5.32 Å². The van der Waals surface area contributed by atoms with Crippen LogP contribution in [0.15, 0.2) is 67.0 Å². The van der Waals surface area contributed by atoms with Gasteiger partial charge in [0.05, 0.1) is 5.56 Å². The second-order valence-corrected chi connectivity index (χ2v) is 5.57. The third-order valence-corrected chi connectivity index (χ3v) is 3.67. The quantitative estimate of drug-likeness (QED) is 0.756. The van der Waals surface area contributed by atoms with Crippen molar-refractivity contribution in [2.75, 3.05) is 5.32 Å². The first-order valence-electron chi connectivity index (χ1n) is 7.75. The Morgan fingerprint density at radius 3 is 2.12 bits per heavy atom. The first kappa shape index (κ1) is 17.6. The van der Waals surface area contributed by atoms with E-state index in [4.69, 9.17) is 0 Å². The third kappa shape index (κ3) is 4.44. The summed E-state index contributed by atoms with van der Waals surface area (Å²) in [6.45, 7) is 0. The zero-order valence-electron chi connectivity index (χ0n) is 13.5. The number of hydrogen-bond acceptors (Lipinski definition) is 3. The molecule has 0 atom stereocenters. The molecule has 0 unspecified atom stereocenters. The van der Waals surface area contributed by atoms with Gasteiger partial charge in [-0.05, 0) is 48.0 Å². The van der Waals surface area contributed by atoms with Crippen LogP contribution in [0.3, 0.4) is 0 Å². The molecule has 0 saturated heterocycles. The zero-order chi connectivity index (χ0) is 18.6. The number of carbonyl (C=O) groups is 1. The number of amides is 1. The summed E-state index contributed by atoms with van der Waals surface area (Å²) in [5, 5.41) is 2.66. The number of halogens is 3. The Morgan fingerprint density at radius 1 is 0.923 bits per heavy atom. The number of anilines is 1. The number of rotatable bonds is 4. The Bertz CT molecular complexity index is 877. The Balaban J connectivity index is 1.64. The van der Waals surface area contributed by atoms with E-state index >= 15 is 0 Å². The molecule has 0 spiro atoms. The molecule has 1 aromatic heterocycles. The highest BCUT2D eigenvalue weighted by Gasteiger charge is 2.30. The van der Waals surface area contributed by atoms with Gasteiger partial charge in [0.25, 0.3) is 5.91 Å². The van der Waals surface area contributed by atoms with Gasteiger partial charge in [0, 0.05) is 30.1 Å². The van der Waals surface area contributed by atoms with Gasteiger partial charge in [-0.15, -0.1) is 0 Å². The van der Waals surface area contributed by atoms with Crippen molar-refractivity contribution < 1.29 is 18.0 Å². The lowest BCUT2D eigenvalue weighted by Crippen LogP contribution is -2.12. The molecule has 0 saturated carbocycles. The largest absolute Gasteiger partial charge is 0.416 e. The average Bonchev–Trinajstić information content (AvgIpc) is 2.63. The summed E-state index contributed by atoms with van der Waals surface area (Å²) in [4.78, 5) is 20.4. The third-order valence-electron chi connectivity index (χ3n) is 3.67. The first-order valence-corrected chi connectivity index (χ1v) is 7.75. The highest BCUT2D eigenvalue weighted by atomic mass is 19.4. The summed E-state index contributed by atoms with van der Waals surface area (Å²) in [6, 6.07) is 12.9. The monoisotopic (exact) mass is 357 g/mol. The maximum Gasteiger partial charge on any atom is 0.416 e. The number of nitrogens with zero attached hydrogens (tertiary/aromatic N) is 2. The molecule has 0 radical (unpaired) electrons. The summed E-state index contributed by atoms with van der Waals surface area (Å²) in [7, 11) is 0. The van der Waals surface area contributed by atoms with Gasteiger partial charge in [0.2, 0.25) is 0 Å². The molecule has 1 amide bonds. The van der Waals surface area contributed by atoms with Crippen LogP contribution in [0.4, 0.5) is 18.9 Å². The molecule has 7 heteroatoms. The predicted octanol–water partition coefficient (Wildman–Crippen LogP) is 4.34. The van der Waals surface area contributed by atoms with E-state index < -0.39 is 17.6 Å². The summed E-state index contributed by atoms with van der Waals surface area (Å²) in [5.74, 6) is 0.215. The summed E-state index contributed by atoms with van der Waals surface area (Å²) < 4.78 is 37.7. The number of aromatic nitrogens is 2. The average molecular weight is 357 g/mol. The number of carbonyl (C=O) groups excluding carboxylic acids is 1. The van der Waals surface area contributed by atoms with Gasteiger partial charge in [-0.25, -0.2) is 9.97 Å². The van der Waals surface area contributed by atoms with Crippen LogP contribution in [0, 0.1) is 0 Å². The Morgan fingerprint density at radius 2 is 1.54 bits per heavy atom. The highest BCUT2D eigenvalue weighted by molar-refractivity contribution is 6.04. The molecular formula is C19H14F3N3O. The first-order chi connectivity index (χ1) is 12.4. The van der Waals surface area contributed by atoms with E-state index in [1.807, 2.05) is 12.1 Å². The number of benzene rings is 2. The molecule has 0 aliphatic heterocycles. The van der Waals surface area contributed by atoms with Crippen molar-refractivity contribution in [1.82, 2.24) is 9.97 Å². The van der Waals surface area contributed by atoms with Crippen LogP contribution in [0.25, 0.3) is 0 Å². The van der Waals surface area contributed by atoms with E-state index in [-0.39, 0.29) is 5.56 Å². The molecule has 3 aromatic rings. The van der Waals surface area contributed by atoms with Crippen LogP contribution in [0.1, 0.15) is 27.3 Å². The molecule has 0 aliphatic carbocycles. The zero-order valence-corrected chi connectivity index (χ0v) is 13.5. The van der Waals surface area contributed by atoms with Crippen molar-refractivity contribution in [3.05, 3.63) is 89.5 Å². The van der Waals surface area contributed by atoms with E-state index in [1.54, 1.807) is 30.6 Å². The molecule has 0 bridgehead atoms. The number of alkyl halides is 3. The van der Waals surface area contributed by atoms with Crippen molar-refractivity contribution in [2.45, 2.75) is 12.6 Å². The summed E-state index contributed by atoms with van der Waals surface area (Å²) in [5.41, 5.74) is 0.887. The molecule has 0 fully saturated rings. The minimum absolute atomic E-state index is 0.153. The molecular weight excluding hydrogens is 343 g/mol. The minimum Gasteiger partial charge on any atom is -0.322 e. The van der Waals surface area contributed by atoms with Crippen LogP contribution < -0.4 is 5.32 Å². The minimum atomic E-state index is -4.42. The molecule has 3 rings (SSSR count). The van der Waals surface area contributed by atoms with E-state index in [0.717, 1.165) is 29.8 Å². The second-order valence-electron chi connectivity index (χ2n) is 5.57. The Labute approximate surface area is 147 Å². The molecule has 26 heavy (non-hydrogen) atoms. The van der Waals surface area contributed by atoms with E-state index in [1.165, 1.54) is 0 Å². The fourth-order valence-electron chi connectivity index (χ4n) is 2.32. The molecule has 4 nitrogen and oxygen atoms in total. The Hall–Kier alpha value is -3.22. The lowest BCUT2D eigenvalue weighted by molar-refractivity contribution is -0.137. The molecule has 1 heterocycles. The normalized spacial score (nSPS) is 11.2. The maximum atomic E-state index is 12.6. The van der Waals surface area contributed by atoms with Gasteiger partial charge in [0.15, 0.2) is 0 Å². The van der Waals surface area contributed by atoms with Crippen molar-refractivity contribution in [3.63, 3.8) is 0 Å². The van der Waals surface area contributed by atoms with E-state index in [9.17, 15) is 18.0 Å². The number of nitrogens with one attached hydrogen (secondary N) is 1. The topological polar surface area (TPSA) is 54.9 Å². The SMILES string of the molecule is O=C(Nc1ccc(Cc2ncccn2)cc1)c1ccc(C(F)(F)F)cc1. The van der Waals surface area contributed by atoms with Gasteiger partial charge in [0.1, 0.15) is 5.82 Å². The van der Waals surface area contributed by atoms with Crippen molar-refractivity contribution in [2.24, 2.45) is 0 Å². The smallest absolute Gasteiger partial charge is 0.322 e. The fourth-order valence-corrected chi connectivity index (χ4v) is 2.32. The van der Waals surface area contributed by atoms with Gasteiger partial charge in [-0.3, -0.25) is 4.79 Å². The van der Waals surface area contributed by atoms with Crippen LogP contribution in [-0.4, -0.2) is 15.9 Å². The predicted molar refractivity (Wildman–Crippen MR) is 90.7 cm³/mol. The van der Waals surface area contributed by atoms with E-state index in [2.05, 4.69) is 15.3 Å². The highest BCUT2D eigenvalue weighted by Crippen LogP contribution is 2.29. The van der Waals surface area contributed by atoms with E-state index in [0.29, 0.717) is 17.9 Å². The van der Waals surface area contributed by atoms with Crippen molar-refractivity contribution in [1.29, 1.82) is 0 Å². The van der Waals surface area contributed by atoms with Crippen LogP contribution in [0.2, 0.25) is 0 Å². The lowest BCUT2D eigenvalue weighted by atomic mass is 10.1. The van der Waals surface area contributed by atoms with Crippen LogP contribution in [0.5, 0.6) is 0 Å². The van der Waals surface area contributed by atoms with Crippen LogP contribution in [-0.2, 0) is 12.6 Å². The standard InChI is InChI=1S/C19H14F3N3O/c20-19(21,22)15-6-4-14(5-7-15)18(26)25-16-8-2-13(3-9-16)12-17-23-10-1-11-24-17/h1-11H,12H2,(H,25,26). The second kappa shape index (κ2) is 7.35. The van der Waals surface area contributed by atoms with Gasteiger partial charge in [-0.2, -0.15) is 13.2 Å². The lowest BCUT2D eigenvalue weighted by Gasteiger charge is -2.09. The fraction of sp³-hybridized carbons (Fsp3) is 0.105. The van der Waals surface area contributed by atoms with Crippen molar-refractivity contribution >= 4 is 11.6 Å². The molecule has 2 aromatic carbocycles. The maximum absolute atomic E-state index is 12.6. The number of hydrogen-bond donors (Lipinski definition) is 1. The van der Waals surface area contributed by atoms with Crippen molar-refractivity contribution in [3.8, 4) is 0 Å². The summed E-state index contributed by atoms with van der Waals surface area (Å²) in [6.07, 6.45) is -0.525. The van der Waals surface area contributed by atoms with Gasteiger partial charge in [-0.1, -0.05) is 12.1 Å². The van der Waals surface area contributed by atoms with Gasteiger partial charge >= 0.3 is 6.18 Å². The Kier molecular flexibility index (Phi) is 4.97. The molecule has 1 N–H and O–H groups in total. The summed E-state index contributed by atoms with van der Waals surface area (Å²) >= 11 is 0. The molecule has 0 aliphatic rings. The molecule has 132 valence electrons.